The Morgan fingerprint density at radius 1 is 1.00 bits per heavy atom. The highest BCUT2D eigenvalue weighted by molar-refractivity contribution is 5.90. The molecular weight excluding hydrogens is 340 g/mol. The van der Waals surface area contributed by atoms with Crippen LogP contribution in [-0.2, 0) is 9.59 Å². The van der Waals surface area contributed by atoms with Gasteiger partial charge in [0.25, 0.3) is 0 Å². The van der Waals surface area contributed by atoms with E-state index in [1.807, 2.05) is 81.4 Å². The van der Waals surface area contributed by atoms with Gasteiger partial charge in [0.15, 0.2) is 0 Å². The van der Waals surface area contributed by atoms with E-state index in [0.29, 0.717) is 19.6 Å². The molecule has 0 spiro atoms. The zero-order valence-corrected chi connectivity index (χ0v) is 16.2. The Labute approximate surface area is 161 Å². The van der Waals surface area contributed by atoms with Crippen LogP contribution in [-0.4, -0.2) is 25.0 Å². The topological polar surface area (TPSA) is 67.4 Å². The van der Waals surface area contributed by atoms with E-state index in [-0.39, 0.29) is 11.8 Å². The lowest BCUT2D eigenvalue weighted by atomic mass is 9.88. The highest BCUT2D eigenvalue weighted by Crippen LogP contribution is 2.22. The predicted octanol–water partition coefficient (Wildman–Crippen LogP) is 3.48. The van der Waals surface area contributed by atoms with Crippen molar-refractivity contribution in [1.82, 2.24) is 10.6 Å². The van der Waals surface area contributed by atoms with Gasteiger partial charge in [-0.1, -0.05) is 69.3 Å². The van der Waals surface area contributed by atoms with E-state index < -0.39 is 11.5 Å². The first-order chi connectivity index (χ1) is 12.9. The van der Waals surface area contributed by atoms with Gasteiger partial charge in [-0.25, -0.2) is 0 Å². The monoisotopic (exact) mass is 368 g/mol. The molecule has 1 unspecified atom stereocenters. The molecule has 2 amide bonds. The van der Waals surface area contributed by atoms with E-state index in [9.17, 15) is 9.59 Å². The fraction of sp³-hybridized carbons (Fsp3) is 0.364. The lowest BCUT2D eigenvalue weighted by Gasteiger charge is -2.26. The Bertz CT molecular complexity index is 730. The van der Waals surface area contributed by atoms with E-state index in [0.717, 1.165) is 11.3 Å². The first kappa shape index (κ1) is 20.5. The first-order valence-electron chi connectivity index (χ1n) is 9.25. The quantitative estimate of drug-likeness (QED) is 0.666. The summed E-state index contributed by atoms with van der Waals surface area (Å²) in [5, 5.41) is 5.74. The molecule has 0 heterocycles. The van der Waals surface area contributed by atoms with E-state index >= 15 is 0 Å². The number of hydrogen-bond acceptors (Lipinski definition) is 3. The van der Waals surface area contributed by atoms with Crippen molar-refractivity contribution in [3.63, 3.8) is 0 Å². The van der Waals surface area contributed by atoms with Crippen LogP contribution in [0.2, 0.25) is 0 Å². The second-order valence-electron chi connectivity index (χ2n) is 7.01. The van der Waals surface area contributed by atoms with Gasteiger partial charge in [-0.15, -0.1) is 0 Å². The molecule has 0 saturated heterocycles. The molecule has 0 aliphatic carbocycles. The summed E-state index contributed by atoms with van der Waals surface area (Å²) in [5.74, 6) is 0.358. The Morgan fingerprint density at radius 3 is 2.19 bits per heavy atom. The Kier molecular flexibility index (Phi) is 7.41. The molecule has 2 rings (SSSR count). The minimum absolute atomic E-state index is 0.144. The molecule has 2 N–H and O–H groups in total. The molecule has 2 aromatic rings. The molecule has 0 aliphatic heterocycles. The summed E-state index contributed by atoms with van der Waals surface area (Å²) in [7, 11) is 0. The number of carbonyl (C=O) groups is 2. The van der Waals surface area contributed by atoms with Crippen molar-refractivity contribution in [1.29, 1.82) is 0 Å². The Hall–Kier alpha value is -2.82. The average Bonchev–Trinajstić information content (AvgIpc) is 2.70. The predicted molar refractivity (Wildman–Crippen MR) is 106 cm³/mol. The van der Waals surface area contributed by atoms with Gasteiger partial charge in [0.2, 0.25) is 11.8 Å². The van der Waals surface area contributed by atoms with E-state index in [1.54, 1.807) is 0 Å². The lowest BCUT2D eigenvalue weighted by Crippen LogP contribution is -2.45. The number of nitrogens with one attached hydrogen (secondary N) is 2. The molecule has 0 aliphatic rings. The van der Waals surface area contributed by atoms with Crippen LogP contribution in [0, 0.1) is 5.41 Å². The molecule has 27 heavy (non-hydrogen) atoms. The summed E-state index contributed by atoms with van der Waals surface area (Å²) in [4.78, 5) is 25.3. The summed E-state index contributed by atoms with van der Waals surface area (Å²) in [6, 6.07) is 18.0. The lowest BCUT2D eigenvalue weighted by molar-refractivity contribution is -0.134. The maximum Gasteiger partial charge on any atom is 0.247 e. The zero-order chi connectivity index (χ0) is 19.7. The molecule has 0 aromatic heterocycles. The average molecular weight is 368 g/mol. The van der Waals surface area contributed by atoms with Crippen molar-refractivity contribution in [2.24, 2.45) is 5.41 Å². The van der Waals surface area contributed by atoms with Crippen molar-refractivity contribution < 1.29 is 14.3 Å². The molecular formula is C22H28N2O3. The Morgan fingerprint density at radius 2 is 1.59 bits per heavy atom. The second kappa shape index (κ2) is 9.76. The summed E-state index contributed by atoms with van der Waals surface area (Å²) in [6.07, 6.45) is 0.687. The summed E-state index contributed by atoms with van der Waals surface area (Å²) >= 11 is 0. The largest absolute Gasteiger partial charge is 0.492 e. The van der Waals surface area contributed by atoms with Gasteiger partial charge in [0.05, 0.1) is 6.54 Å². The van der Waals surface area contributed by atoms with Crippen LogP contribution in [0.4, 0.5) is 0 Å². The number of ether oxygens (including phenoxy) is 1. The third kappa shape index (κ3) is 6.13. The number of hydrogen-bond donors (Lipinski definition) is 2. The normalized spacial score (nSPS) is 12.1. The minimum atomic E-state index is -0.735. The SMILES string of the molecule is CCC(C)(C)C(=O)NC(C(=O)NCCOc1ccccc1)c1ccccc1. The highest BCUT2D eigenvalue weighted by Gasteiger charge is 2.30. The van der Waals surface area contributed by atoms with Gasteiger partial charge < -0.3 is 15.4 Å². The maximum absolute atomic E-state index is 12.7. The smallest absolute Gasteiger partial charge is 0.247 e. The van der Waals surface area contributed by atoms with Crippen LogP contribution < -0.4 is 15.4 Å². The van der Waals surface area contributed by atoms with Gasteiger partial charge in [0.1, 0.15) is 18.4 Å². The summed E-state index contributed by atoms with van der Waals surface area (Å²) < 4.78 is 5.59. The molecule has 0 saturated carbocycles. The van der Waals surface area contributed by atoms with E-state index in [1.165, 1.54) is 0 Å². The third-order valence-electron chi connectivity index (χ3n) is 4.58. The van der Waals surface area contributed by atoms with Crippen LogP contribution in [0.25, 0.3) is 0 Å². The minimum Gasteiger partial charge on any atom is -0.492 e. The fourth-order valence-electron chi connectivity index (χ4n) is 2.39. The van der Waals surface area contributed by atoms with Gasteiger partial charge >= 0.3 is 0 Å². The van der Waals surface area contributed by atoms with Crippen LogP contribution >= 0.6 is 0 Å². The van der Waals surface area contributed by atoms with Gasteiger partial charge in [-0.05, 0) is 24.1 Å². The zero-order valence-electron chi connectivity index (χ0n) is 16.2. The van der Waals surface area contributed by atoms with Crippen molar-refractivity contribution in [3.05, 3.63) is 66.2 Å². The van der Waals surface area contributed by atoms with Crippen molar-refractivity contribution in [2.75, 3.05) is 13.2 Å². The van der Waals surface area contributed by atoms with Crippen molar-refractivity contribution >= 4 is 11.8 Å². The highest BCUT2D eigenvalue weighted by atomic mass is 16.5. The molecule has 1 atom stereocenters. The third-order valence-corrected chi connectivity index (χ3v) is 4.58. The second-order valence-corrected chi connectivity index (χ2v) is 7.01. The first-order valence-corrected chi connectivity index (χ1v) is 9.25. The van der Waals surface area contributed by atoms with Crippen LogP contribution in [0.5, 0.6) is 5.75 Å². The summed E-state index contributed by atoms with van der Waals surface area (Å²) in [6.45, 7) is 6.40. The van der Waals surface area contributed by atoms with Crippen LogP contribution in [0.1, 0.15) is 38.8 Å². The molecule has 0 bridgehead atoms. The summed E-state index contributed by atoms with van der Waals surface area (Å²) in [5.41, 5.74) is 0.211. The maximum atomic E-state index is 12.7. The number of amides is 2. The van der Waals surface area contributed by atoms with Crippen LogP contribution in [0.3, 0.4) is 0 Å². The number of para-hydroxylation sites is 1. The Balaban J connectivity index is 1.98. The molecule has 144 valence electrons. The molecule has 0 fully saturated rings. The molecule has 2 aromatic carbocycles. The number of carbonyl (C=O) groups excluding carboxylic acids is 2. The van der Waals surface area contributed by atoms with Gasteiger partial charge in [-0.3, -0.25) is 9.59 Å². The molecule has 5 heteroatoms. The van der Waals surface area contributed by atoms with E-state index in [2.05, 4.69) is 10.6 Å². The number of benzene rings is 2. The number of rotatable bonds is 9. The van der Waals surface area contributed by atoms with Crippen molar-refractivity contribution in [3.8, 4) is 5.75 Å². The standard InChI is InChI=1S/C22H28N2O3/c1-4-22(2,3)21(26)24-19(17-11-7-5-8-12-17)20(25)23-15-16-27-18-13-9-6-10-14-18/h5-14,19H,4,15-16H2,1-3H3,(H,23,25)(H,24,26). The van der Waals surface area contributed by atoms with Gasteiger partial charge in [0, 0.05) is 5.41 Å². The molecule has 5 nitrogen and oxygen atoms in total. The van der Waals surface area contributed by atoms with Crippen molar-refractivity contribution in [2.45, 2.75) is 33.2 Å². The fourth-order valence-corrected chi connectivity index (χ4v) is 2.39. The van der Waals surface area contributed by atoms with Crippen LogP contribution in [0.15, 0.2) is 60.7 Å². The van der Waals surface area contributed by atoms with E-state index in [4.69, 9.17) is 4.74 Å². The molecule has 0 radical (unpaired) electrons. The van der Waals surface area contributed by atoms with Gasteiger partial charge in [-0.2, -0.15) is 0 Å².